The van der Waals surface area contributed by atoms with Crippen LogP contribution in [0.4, 0.5) is 0 Å². The summed E-state index contributed by atoms with van der Waals surface area (Å²) in [6.07, 6.45) is 2.59. The summed E-state index contributed by atoms with van der Waals surface area (Å²) in [5.74, 6) is 0. The van der Waals surface area contributed by atoms with E-state index in [1.54, 1.807) is 12.3 Å². The van der Waals surface area contributed by atoms with Crippen LogP contribution in [0.2, 0.25) is 0 Å². The van der Waals surface area contributed by atoms with Crippen LogP contribution in [-0.2, 0) is 13.0 Å². The van der Waals surface area contributed by atoms with E-state index >= 15 is 0 Å². The van der Waals surface area contributed by atoms with Gasteiger partial charge in [0.2, 0.25) is 6.54 Å². The van der Waals surface area contributed by atoms with Crippen LogP contribution in [0.15, 0.2) is 18.3 Å². The van der Waals surface area contributed by atoms with Crippen LogP contribution in [0.1, 0.15) is 18.2 Å². The molecule has 1 rings (SSSR count). The summed E-state index contributed by atoms with van der Waals surface area (Å²) < 4.78 is 0. The Morgan fingerprint density at radius 1 is 1.58 bits per heavy atom. The van der Waals surface area contributed by atoms with Crippen molar-refractivity contribution in [2.24, 2.45) is 0 Å². The molecule has 0 aromatic carbocycles. The van der Waals surface area contributed by atoms with Gasteiger partial charge < -0.3 is 0 Å². The van der Waals surface area contributed by atoms with Gasteiger partial charge in [-0.2, -0.15) is 0 Å². The zero-order valence-electron chi connectivity index (χ0n) is 6.86. The molecule has 0 aliphatic heterocycles. The summed E-state index contributed by atoms with van der Waals surface area (Å²) in [5.41, 5.74) is 1.61. The van der Waals surface area contributed by atoms with Crippen molar-refractivity contribution in [1.29, 1.82) is 0 Å². The molecule has 1 aromatic heterocycles. The fraction of sp³-hybridized carbons (Fsp3) is 0.375. The molecule has 64 valence electrons. The SMILES string of the molecule is CCc1ccc(C[N+](=O)[O-])nc1. The zero-order chi connectivity index (χ0) is 8.97. The van der Waals surface area contributed by atoms with Gasteiger partial charge in [-0.25, -0.2) is 0 Å². The summed E-state index contributed by atoms with van der Waals surface area (Å²) in [4.78, 5) is 13.7. The Bertz CT molecular complexity index is 269. The minimum Gasteiger partial charge on any atom is -0.264 e. The van der Waals surface area contributed by atoms with Crippen LogP contribution in [0.25, 0.3) is 0 Å². The number of hydrogen-bond donors (Lipinski definition) is 0. The molecule has 0 unspecified atom stereocenters. The lowest BCUT2D eigenvalue weighted by atomic mass is 10.2. The average Bonchev–Trinajstić information content (AvgIpc) is 2.05. The molecule has 0 saturated carbocycles. The van der Waals surface area contributed by atoms with Gasteiger partial charge in [-0.3, -0.25) is 15.1 Å². The topological polar surface area (TPSA) is 56.0 Å². The van der Waals surface area contributed by atoms with Crippen LogP contribution < -0.4 is 0 Å². The van der Waals surface area contributed by atoms with Gasteiger partial charge in [0.15, 0.2) is 0 Å². The average molecular weight is 166 g/mol. The summed E-state index contributed by atoms with van der Waals surface area (Å²) in [6, 6.07) is 3.56. The third-order valence-electron chi connectivity index (χ3n) is 1.59. The molecule has 0 aliphatic carbocycles. The molecule has 0 fully saturated rings. The highest BCUT2D eigenvalue weighted by Crippen LogP contribution is 2.01. The van der Waals surface area contributed by atoms with Gasteiger partial charge in [-0.05, 0) is 18.1 Å². The largest absolute Gasteiger partial charge is 0.264 e. The summed E-state index contributed by atoms with van der Waals surface area (Å²) in [6.45, 7) is 1.83. The van der Waals surface area contributed by atoms with Crippen molar-refractivity contribution in [2.75, 3.05) is 0 Å². The van der Waals surface area contributed by atoms with E-state index in [0.717, 1.165) is 12.0 Å². The van der Waals surface area contributed by atoms with Crippen LogP contribution in [0.3, 0.4) is 0 Å². The van der Waals surface area contributed by atoms with Gasteiger partial charge in [0.05, 0.1) is 0 Å². The number of aromatic nitrogens is 1. The first-order valence-corrected chi connectivity index (χ1v) is 3.78. The summed E-state index contributed by atoms with van der Waals surface area (Å²) in [7, 11) is 0. The molecule has 0 radical (unpaired) electrons. The smallest absolute Gasteiger partial charge is 0.245 e. The molecule has 0 aliphatic rings. The fourth-order valence-electron chi connectivity index (χ4n) is 0.890. The second kappa shape index (κ2) is 3.80. The van der Waals surface area contributed by atoms with E-state index in [0.29, 0.717) is 5.69 Å². The van der Waals surface area contributed by atoms with Crippen LogP contribution in [-0.4, -0.2) is 9.91 Å². The van der Waals surface area contributed by atoms with Gasteiger partial charge in [-0.1, -0.05) is 13.0 Å². The molecule has 0 spiro atoms. The van der Waals surface area contributed by atoms with E-state index in [1.807, 2.05) is 13.0 Å². The normalized spacial score (nSPS) is 9.75. The van der Waals surface area contributed by atoms with Crippen molar-refractivity contribution in [1.82, 2.24) is 4.98 Å². The second-order valence-corrected chi connectivity index (χ2v) is 2.50. The Balaban J connectivity index is 2.71. The molecule has 1 heterocycles. The number of aryl methyl sites for hydroxylation is 1. The predicted octanol–water partition coefficient (Wildman–Crippen LogP) is 1.42. The molecule has 4 heteroatoms. The number of rotatable bonds is 3. The third-order valence-corrected chi connectivity index (χ3v) is 1.59. The van der Waals surface area contributed by atoms with E-state index in [4.69, 9.17) is 0 Å². The standard InChI is InChI=1S/C8H10N2O2/c1-2-7-3-4-8(9-5-7)6-10(11)12/h3-5H,2,6H2,1H3. The van der Waals surface area contributed by atoms with E-state index in [2.05, 4.69) is 4.98 Å². The highest BCUT2D eigenvalue weighted by molar-refractivity contribution is 5.13. The quantitative estimate of drug-likeness (QED) is 0.504. The first-order valence-electron chi connectivity index (χ1n) is 3.78. The van der Waals surface area contributed by atoms with Gasteiger partial charge >= 0.3 is 0 Å². The number of nitro groups is 1. The second-order valence-electron chi connectivity index (χ2n) is 2.50. The van der Waals surface area contributed by atoms with Crippen molar-refractivity contribution < 1.29 is 4.92 Å². The van der Waals surface area contributed by atoms with Gasteiger partial charge in [0, 0.05) is 11.1 Å². The Labute approximate surface area is 70.4 Å². The van der Waals surface area contributed by atoms with E-state index in [9.17, 15) is 10.1 Å². The van der Waals surface area contributed by atoms with Crippen molar-refractivity contribution in [3.63, 3.8) is 0 Å². The summed E-state index contributed by atoms with van der Waals surface area (Å²) >= 11 is 0. The molecule has 12 heavy (non-hydrogen) atoms. The lowest BCUT2D eigenvalue weighted by molar-refractivity contribution is -0.497. The van der Waals surface area contributed by atoms with Crippen molar-refractivity contribution in [3.8, 4) is 0 Å². The lowest BCUT2D eigenvalue weighted by Crippen LogP contribution is -2.00. The first-order chi connectivity index (χ1) is 5.72. The molecule has 0 amide bonds. The highest BCUT2D eigenvalue weighted by atomic mass is 16.6. The monoisotopic (exact) mass is 166 g/mol. The maximum atomic E-state index is 10.1. The third kappa shape index (κ3) is 2.30. The summed E-state index contributed by atoms with van der Waals surface area (Å²) in [5, 5.41) is 10.1. The molecular weight excluding hydrogens is 156 g/mol. The van der Waals surface area contributed by atoms with E-state index in [1.165, 1.54) is 0 Å². The molecule has 0 bridgehead atoms. The van der Waals surface area contributed by atoms with Gasteiger partial charge in [-0.15, -0.1) is 0 Å². The van der Waals surface area contributed by atoms with Crippen LogP contribution in [0, 0.1) is 10.1 Å². The number of hydrogen-bond acceptors (Lipinski definition) is 3. The van der Waals surface area contributed by atoms with Crippen LogP contribution in [0.5, 0.6) is 0 Å². The van der Waals surface area contributed by atoms with Crippen molar-refractivity contribution in [3.05, 3.63) is 39.7 Å². The highest BCUT2D eigenvalue weighted by Gasteiger charge is 2.01. The van der Waals surface area contributed by atoms with Gasteiger partial charge in [0.25, 0.3) is 0 Å². The molecule has 0 N–H and O–H groups in total. The number of nitrogens with zero attached hydrogens (tertiary/aromatic N) is 2. The maximum Gasteiger partial charge on any atom is 0.245 e. The first kappa shape index (κ1) is 8.64. The zero-order valence-corrected chi connectivity index (χ0v) is 6.86. The van der Waals surface area contributed by atoms with Crippen molar-refractivity contribution in [2.45, 2.75) is 19.9 Å². The molecule has 4 nitrogen and oxygen atoms in total. The van der Waals surface area contributed by atoms with Crippen LogP contribution >= 0.6 is 0 Å². The molecule has 1 aromatic rings. The van der Waals surface area contributed by atoms with Gasteiger partial charge in [0.1, 0.15) is 5.69 Å². The molecular formula is C8H10N2O2. The Morgan fingerprint density at radius 3 is 2.75 bits per heavy atom. The van der Waals surface area contributed by atoms with E-state index in [-0.39, 0.29) is 11.5 Å². The molecule has 0 atom stereocenters. The minimum atomic E-state index is -0.381. The van der Waals surface area contributed by atoms with E-state index < -0.39 is 0 Å². The lowest BCUT2D eigenvalue weighted by Gasteiger charge is -1.96. The Kier molecular flexibility index (Phi) is 2.74. The molecule has 0 saturated heterocycles. The Morgan fingerprint density at radius 2 is 2.33 bits per heavy atom. The van der Waals surface area contributed by atoms with Crippen molar-refractivity contribution >= 4 is 0 Å². The maximum absolute atomic E-state index is 10.1. The number of pyridine rings is 1. The predicted molar refractivity (Wildman–Crippen MR) is 44.3 cm³/mol. The minimum absolute atomic E-state index is 0.190. The fourth-order valence-corrected chi connectivity index (χ4v) is 0.890. The Hall–Kier alpha value is -1.45.